The minimum absolute atomic E-state index is 0.0791. The molecule has 3 rings (SSSR count). The summed E-state index contributed by atoms with van der Waals surface area (Å²) in [6.07, 6.45) is -4.46. The largest absolute Gasteiger partial charge is 0.497 e. The number of methoxy groups -OCH3 is 1. The first-order valence-electron chi connectivity index (χ1n) is 7.44. The number of fused-ring (bicyclic) bond motifs is 1. The van der Waals surface area contributed by atoms with Crippen molar-refractivity contribution in [1.82, 2.24) is 4.98 Å². The van der Waals surface area contributed by atoms with Crippen LogP contribution in [0, 0.1) is 6.92 Å². The third-order valence-electron chi connectivity index (χ3n) is 3.94. The predicted octanol–water partition coefficient (Wildman–Crippen LogP) is 4.76. The summed E-state index contributed by atoms with van der Waals surface area (Å²) in [6, 6.07) is 9.85. The average Bonchev–Trinajstić information content (AvgIpc) is 2.91. The fourth-order valence-electron chi connectivity index (χ4n) is 2.63. The molecule has 130 valence electrons. The van der Waals surface area contributed by atoms with E-state index in [4.69, 9.17) is 4.74 Å². The predicted molar refractivity (Wildman–Crippen MR) is 89.0 cm³/mol. The molecule has 1 amide bonds. The number of aromatic nitrogens is 1. The molecule has 0 aliphatic rings. The number of benzene rings is 2. The van der Waals surface area contributed by atoms with Crippen LogP contribution < -0.4 is 10.1 Å². The minimum atomic E-state index is -4.46. The Kier molecular flexibility index (Phi) is 4.16. The van der Waals surface area contributed by atoms with Gasteiger partial charge in [0.15, 0.2) is 0 Å². The maximum absolute atomic E-state index is 12.8. The lowest BCUT2D eigenvalue weighted by atomic mass is 10.1. The molecule has 0 bridgehead atoms. The van der Waals surface area contributed by atoms with Crippen molar-refractivity contribution in [2.24, 2.45) is 0 Å². The van der Waals surface area contributed by atoms with E-state index in [1.54, 1.807) is 32.2 Å². The van der Waals surface area contributed by atoms with Crippen LogP contribution in [0.1, 0.15) is 21.6 Å². The Morgan fingerprint density at radius 3 is 2.60 bits per heavy atom. The van der Waals surface area contributed by atoms with E-state index in [0.717, 1.165) is 23.0 Å². The number of hydrogen-bond acceptors (Lipinski definition) is 2. The van der Waals surface area contributed by atoms with Crippen molar-refractivity contribution in [3.05, 3.63) is 59.3 Å². The first-order valence-corrected chi connectivity index (χ1v) is 7.44. The molecule has 0 saturated heterocycles. The number of anilines is 1. The second-order valence-electron chi connectivity index (χ2n) is 5.57. The van der Waals surface area contributed by atoms with Gasteiger partial charge in [0.05, 0.1) is 12.7 Å². The van der Waals surface area contributed by atoms with Crippen LogP contribution in [0.4, 0.5) is 18.9 Å². The van der Waals surface area contributed by atoms with E-state index in [1.807, 2.05) is 0 Å². The normalized spacial score (nSPS) is 11.6. The molecule has 0 spiro atoms. The van der Waals surface area contributed by atoms with Crippen molar-refractivity contribution in [3.63, 3.8) is 0 Å². The highest BCUT2D eigenvalue weighted by Gasteiger charge is 2.30. The molecule has 0 unspecified atom stereocenters. The highest BCUT2D eigenvalue weighted by Crippen LogP contribution is 2.31. The van der Waals surface area contributed by atoms with Crippen LogP contribution in [0.25, 0.3) is 10.9 Å². The lowest BCUT2D eigenvalue weighted by molar-refractivity contribution is -0.137. The molecule has 0 saturated carbocycles. The van der Waals surface area contributed by atoms with E-state index in [0.29, 0.717) is 17.0 Å². The van der Waals surface area contributed by atoms with Crippen molar-refractivity contribution in [1.29, 1.82) is 0 Å². The summed E-state index contributed by atoms with van der Waals surface area (Å²) in [7, 11) is 1.55. The van der Waals surface area contributed by atoms with Crippen molar-refractivity contribution >= 4 is 22.5 Å². The third kappa shape index (κ3) is 3.31. The SMILES string of the molecule is COc1ccc2[nH]c(C(=O)Nc3cccc(C(F)(F)F)c3)c(C)c2c1. The van der Waals surface area contributed by atoms with E-state index in [9.17, 15) is 18.0 Å². The van der Waals surface area contributed by atoms with E-state index in [-0.39, 0.29) is 5.69 Å². The summed E-state index contributed by atoms with van der Waals surface area (Å²) in [5.41, 5.74) is 0.991. The molecule has 1 heterocycles. The number of aromatic amines is 1. The van der Waals surface area contributed by atoms with Crippen LogP contribution in [-0.2, 0) is 6.18 Å². The highest BCUT2D eigenvalue weighted by molar-refractivity contribution is 6.08. The quantitative estimate of drug-likeness (QED) is 0.717. The summed E-state index contributed by atoms with van der Waals surface area (Å²) in [4.78, 5) is 15.5. The van der Waals surface area contributed by atoms with Crippen LogP contribution in [0.15, 0.2) is 42.5 Å². The number of amides is 1. The molecule has 0 atom stereocenters. The Hall–Kier alpha value is -2.96. The molecule has 4 nitrogen and oxygen atoms in total. The molecule has 0 aliphatic heterocycles. The zero-order valence-electron chi connectivity index (χ0n) is 13.5. The number of halogens is 3. The number of carbonyl (C=O) groups excluding carboxylic acids is 1. The zero-order valence-corrected chi connectivity index (χ0v) is 13.5. The summed E-state index contributed by atoms with van der Waals surface area (Å²) in [5.74, 6) is 0.145. The fourth-order valence-corrected chi connectivity index (χ4v) is 2.63. The second-order valence-corrected chi connectivity index (χ2v) is 5.57. The molecule has 25 heavy (non-hydrogen) atoms. The number of H-pyrrole nitrogens is 1. The second kappa shape index (κ2) is 6.16. The number of hydrogen-bond donors (Lipinski definition) is 2. The molecular formula is C18H15F3N2O2. The Morgan fingerprint density at radius 2 is 1.92 bits per heavy atom. The number of rotatable bonds is 3. The Bertz CT molecular complexity index is 945. The Morgan fingerprint density at radius 1 is 1.16 bits per heavy atom. The smallest absolute Gasteiger partial charge is 0.416 e. The maximum Gasteiger partial charge on any atom is 0.416 e. The maximum atomic E-state index is 12.8. The first-order chi connectivity index (χ1) is 11.8. The monoisotopic (exact) mass is 348 g/mol. The van der Waals surface area contributed by atoms with Crippen LogP contribution in [-0.4, -0.2) is 18.0 Å². The molecule has 2 N–H and O–H groups in total. The van der Waals surface area contributed by atoms with Crippen molar-refractivity contribution in [2.45, 2.75) is 13.1 Å². The van der Waals surface area contributed by atoms with Gasteiger partial charge in [-0.25, -0.2) is 0 Å². The van der Waals surface area contributed by atoms with Gasteiger partial charge in [-0.1, -0.05) is 6.07 Å². The van der Waals surface area contributed by atoms with Crippen molar-refractivity contribution in [3.8, 4) is 5.75 Å². The summed E-state index contributed by atoms with van der Waals surface area (Å²) in [5, 5.41) is 3.31. The number of nitrogens with one attached hydrogen (secondary N) is 2. The van der Waals surface area contributed by atoms with Gasteiger partial charge in [0, 0.05) is 16.6 Å². The van der Waals surface area contributed by atoms with Crippen molar-refractivity contribution in [2.75, 3.05) is 12.4 Å². The van der Waals surface area contributed by atoms with E-state index in [1.165, 1.54) is 12.1 Å². The highest BCUT2D eigenvalue weighted by atomic mass is 19.4. The van der Waals surface area contributed by atoms with Gasteiger partial charge in [0.2, 0.25) is 0 Å². The fraction of sp³-hybridized carbons (Fsp3) is 0.167. The van der Waals surface area contributed by atoms with E-state index >= 15 is 0 Å². The standard InChI is InChI=1S/C18H15F3N2O2/c1-10-14-9-13(25-2)6-7-15(14)23-16(10)17(24)22-12-5-3-4-11(8-12)18(19,20)21/h3-9,23H,1-2H3,(H,22,24). The van der Waals surface area contributed by atoms with Gasteiger partial charge in [-0.2, -0.15) is 13.2 Å². The topological polar surface area (TPSA) is 54.1 Å². The van der Waals surface area contributed by atoms with Gasteiger partial charge >= 0.3 is 6.18 Å². The molecule has 1 aromatic heterocycles. The van der Waals surface area contributed by atoms with Crippen LogP contribution in [0.3, 0.4) is 0 Å². The first kappa shape index (κ1) is 16.9. The lowest BCUT2D eigenvalue weighted by Crippen LogP contribution is -2.14. The third-order valence-corrected chi connectivity index (χ3v) is 3.94. The molecule has 3 aromatic rings. The number of carbonyl (C=O) groups is 1. The van der Waals surface area contributed by atoms with Gasteiger partial charge in [0.25, 0.3) is 5.91 Å². The number of alkyl halides is 3. The summed E-state index contributed by atoms with van der Waals surface area (Å²) < 4.78 is 43.5. The lowest BCUT2D eigenvalue weighted by Gasteiger charge is -2.09. The van der Waals surface area contributed by atoms with Crippen LogP contribution >= 0.6 is 0 Å². The van der Waals surface area contributed by atoms with Gasteiger partial charge in [0.1, 0.15) is 11.4 Å². The molecule has 7 heteroatoms. The molecule has 0 aliphatic carbocycles. The summed E-state index contributed by atoms with van der Waals surface area (Å²) >= 11 is 0. The van der Waals surface area contributed by atoms with Crippen LogP contribution in [0.2, 0.25) is 0 Å². The van der Waals surface area contributed by atoms with E-state index in [2.05, 4.69) is 10.3 Å². The Labute approximate surface area is 141 Å². The zero-order chi connectivity index (χ0) is 18.2. The number of aryl methyl sites for hydroxylation is 1. The minimum Gasteiger partial charge on any atom is -0.497 e. The van der Waals surface area contributed by atoms with E-state index < -0.39 is 17.6 Å². The molecule has 0 radical (unpaired) electrons. The number of ether oxygens (including phenoxy) is 1. The van der Waals surface area contributed by atoms with Gasteiger partial charge in [-0.3, -0.25) is 4.79 Å². The molecular weight excluding hydrogens is 333 g/mol. The Balaban J connectivity index is 1.91. The average molecular weight is 348 g/mol. The molecule has 0 fully saturated rings. The van der Waals surface area contributed by atoms with Crippen molar-refractivity contribution < 1.29 is 22.7 Å². The van der Waals surface area contributed by atoms with Gasteiger partial charge in [-0.15, -0.1) is 0 Å². The summed E-state index contributed by atoms with van der Waals surface area (Å²) in [6.45, 7) is 1.76. The molecule has 2 aromatic carbocycles. The van der Waals surface area contributed by atoms with Crippen LogP contribution in [0.5, 0.6) is 5.75 Å². The van der Waals surface area contributed by atoms with Gasteiger partial charge in [-0.05, 0) is 48.9 Å². The van der Waals surface area contributed by atoms with Gasteiger partial charge < -0.3 is 15.0 Å².